The van der Waals surface area contributed by atoms with Gasteiger partial charge in [-0.3, -0.25) is 9.48 Å². The van der Waals surface area contributed by atoms with E-state index >= 15 is 0 Å². The lowest BCUT2D eigenvalue weighted by molar-refractivity contribution is -0.137. The Morgan fingerprint density at radius 3 is 2.75 bits per heavy atom. The lowest BCUT2D eigenvalue weighted by atomic mass is 10.1. The summed E-state index contributed by atoms with van der Waals surface area (Å²) in [6, 6.07) is 5.20. The molecule has 11 heteroatoms. The number of hydrogen-bond donors (Lipinski definition) is 2. The van der Waals surface area contributed by atoms with Gasteiger partial charge in [0, 0.05) is 32.3 Å². The van der Waals surface area contributed by atoms with E-state index in [0.717, 1.165) is 17.5 Å². The smallest absolute Gasteiger partial charge is 0.332 e. The summed E-state index contributed by atoms with van der Waals surface area (Å²) in [5.74, 6) is 0.154. The van der Waals surface area contributed by atoms with Gasteiger partial charge in [-0.25, -0.2) is 5.01 Å². The number of hydrazine groups is 2. The molecule has 0 fully saturated rings. The number of rotatable bonds is 2. The van der Waals surface area contributed by atoms with Crippen LogP contribution in [0.25, 0.3) is 0 Å². The van der Waals surface area contributed by atoms with Gasteiger partial charge in [0.05, 0.1) is 34.1 Å². The van der Waals surface area contributed by atoms with Crippen molar-refractivity contribution in [3.63, 3.8) is 0 Å². The van der Waals surface area contributed by atoms with Crippen LogP contribution in [-0.2, 0) is 13.2 Å². The second-order valence-corrected chi connectivity index (χ2v) is 6.86. The molecule has 1 aromatic heterocycles. The van der Waals surface area contributed by atoms with Crippen LogP contribution in [0.1, 0.15) is 22.3 Å². The van der Waals surface area contributed by atoms with E-state index in [9.17, 15) is 18.0 Å². The molecular weight excluding hydrogens is 397 g/mol. The maximum absolute atomic E-state index is 13.1. The average molecular weight is 413 g/mol. The Hall–Kier alpha value is -2.72. The van der Waals surface area contributed by atoms with Crippen molar-refractivity contribution in [2.75, 3.05) is 18.1 Å². The molecule has 3 heterocycles. The zero-order valence-electron chi connectivity index (χ0n) is 14.7. The molecule has 0 aliphatic carbocycles. The summed E-state index contributed by atoms with van der Waals surface area (Å²) < 4.78 is 40.9. The van der Waals surface area contributed by atoms with E-state index in [1.54, 1.807) is 9.69 Å². The van der Waals surface area contributed by atoms with Gasteiger partial charge < -0.3 is 10.3 Å². The molecule has 0 bridgehead atoms. The topological polar surface area (TPSA) is 65.4 Å². The highest BCUT2D eigenvalue weighted by Crippen LogP contribution is 2.37. The van der Waals surface area contributed by atoms with Crippen LogP contribution in [0, 0.1) is 0 Å². The van der Waals surface area contributed by atoms with Crippen LogP contribution in [0.5, 0.6) is 0 Å². The molecule has 2 aliphatic rings. The molecule has 0 spiro atoms. The number of aromatic nitrogens is 2. The van der Waals surface area contributed by atoms with Crippen LogP contribution in [0.2, 0.25) is 5.02 Å². The fourth-order valence-electron chi connectivity index (χ4n) is 3.28. The summed E-state index contributed by atoms with van der Waals surface area (Å²) in [4.78, 5) is 14.3. The molecule has 0 atom stereocenters. The number of carbonyl (C=O) groups is 1. The third-order valence-electron chi connectivity index (χ3n) is 4.65. The Morgan fingerprint density at radius 1 is 1.29 bits per heavy atom. The van der Waals surface area contributed by atoms with Gasteiger partial charge in [0.1, 0.15) is 0 Å². The molecule has 0 unspecified atom stereocenters. The zero-order valence-corrected chi connectivity index (χ0v) is 15.5. The predicted octanol–water partition coefficient (Wildman–Crippen LogP) is 2.68. The van der Waals surface area contributed by atoms with Crippen LogP contribution in [0.3, 0.4) is 0 Å². The summed E-state index contributed by atoms with van der Waals surface area (Å²) in [5, 5.41) is 5.54. The maximum Gasteiger partial charge on any atom is 0.417 e. The normalized spacial score (nSPS) is 17.0. The second-order valence-electron chi connectivity index (χ2n) is 6.49. The molecule has 2 aliphatic heterocycles. The molecule has 1 amide bonds. The van der Waals surface area contributed by atoms with Crippen molar-refractivity contribution in [3.8, 4) is 0 Å². The summed E-state index contributed by atoms with van der Waals surface area (Å²) in [5.41, 5.74) is 6.50. The molecule has 0 saturated carbocycles. The fraction of sp³-hybridized carbons (Fsp3) is 0.294. The predicted molar refractivity (Wildman–Crippen MR) is 96.0 cm³/mol. The third kappa shape index (κ3) is 3.18. The Labute approximate surface area is 163 Å². The number of nitrogens with one attached hydrogen (secondary N) is 2. The van der Waals surface area contributed by atoms with Crippen LogP contribution in [0.15, 0.2) is 41.9 Å². The summed E-state index contributed by atoms with van der Waals surface area (Å²) >= 11 is 5.90. The molecule has 7 nitrogen and oxygen atoms in total. The number of alkyl halides is 3. The first kappa shape index (κ1) is 18.6. The first-order chi connectivity index (χ1) is 13.3. The van der Waals surface area contributed by atoms with Gasteiger partial charge in [0.2, 0.25) is 0 Å². The van der Waals surface area contributed by atoms with E-state index in [0.29, 0.717) is 18.8 Å². The largest absolute Gasteiger partial charge is 0.417 e. The summed E-state index contributed by atoms with van der Waals surface area (Å²) in [7, 11) is 1.81. The summed E-state index contributed by atoms with van der Waals surface area (Å²) in [6.07, 6.45) is -2.30. The molecule has 0 radical (unpaired) electrons. The van der Waals surface area contributed by atoms with Crippen molar-refractivity contribution in [2.45, 2.75) is 12.6 Å². The van der Waals surface area contributed by atoms with Crippen molar-refractivity contribution in [2.24, 2.45) is 7.05 Å². The highest BCUT2D eigenvalue weighted by atomic mass is 35.5. The van der Waals surface area contributed by atoms with Crippen molar-refractivity contribution >= 4 is 23.3 Å². The molecule has 28 heavy (non-hydrogen) atoms. The van der Waals surface area contributed by atoms with Crippen molar-refractivity contribution < 1.29 is 18.0 Å². The second kappa shape index (κ2) is 6.71. The number of hydrogen-bond acceptors (Lipinski definition) is 5. The maximum atomic E-state index is 13.1. The highest BCUT2D eigenvalue weighted by Gasteiger charge is 2.36. The minimum absolute atomic E-state index is 0.159. The molecule has 148 valence electrons. The third-order valence-corrected chi connectivity index (χ3v) is 5.06. The van der Waals surface area contributed by atoms with Gasteiger partial charge >= 0.3 is 6.18 Å². The number of benzene rings is 1. The molecule has 0 saturated heterocycles. The van der Waals surface area contributed by atoms with E-state index < -0.39 is 22.7 Å². The van der Waals surface area contributed by atoms with Crippen molar-refractivity contribution in [3.05, 3.63) is 58.0 Å². The highest BCUT2D eigenvalue weighted by molar-refractivity contribution is 6.34. The number of carbonyl (C=O) groups excluding carboxylic acids is 1. The summed E-state index contributed by atoms with van der Waals surface area (Å²) in [6.45, 7) is 0.564. The van der Waals surface area contributed by atoms with Gasteiger partial charge in [-0.15, -0.1) is 5.53 Å². The molecule has 2 aromatic rings. The van der Waals surface area contributed by atoms with Crippen molar-refractivity contribution in [1.82, 2.24) is 25.6 Å². The lowest BCUT2D eigenvalue weighted by Crippen LogP contribution is -2.39. The number of halogens is 4. The zero-order chi connectivity index (χ0) is 20.1. The van der Waals surface area contributed by atoms with Crippen LogP contribution in [-0.4, -0.2) is 33.7 Å². The van der Waals surface area contributed by atoms with E-state index in [4.69, 9.17) is 11.6 Å². The Balaban J connectivity index is 1.56. The van der Waals surface area contributed by atoms with Crippen LogP contribution < -0.4 is 16.0 Å². The number of anilines is 1. The quantitative estimate of drug-likeness (QED) is 0.794. The minimum atomic E-state index is -4.62. The Morgan fingerprint density at radius 2 is 2.07 bits per heavy atom. The molecule has 4 rings (SSSR count). The molecular formula is C17H16ClF3N6O. The van der Waals surface area contributed by atoms with E-state index in [-0.39, 0.29) is 12.1 Å². The number of amides is 1. The first-order valence-corrected chi connectivity index (χ1v) is 8.82. The van der Waals surface area contributed by atoms with Gasteiger partial charge in [0.25, 0.3) is 5.91 Å². The lowest BCUT2D eigenvalue weighted by Gasteiger charge is -2.29. The van der Waals surface area contributed by atoms with E-state index in [1.807, 2.05) is 19.3 Å². The standard InChI is InChI=1S/C17H16ClF3N6O/c1-25-7-6-14(23-25)27-13-5-8-26(9-12(13)22-24-27)16(28)10-3-2-4-11(15(10)18)17(19,20)21/h2-4,6-7,22,24H,5,8-9H2,1H3. The van der Waals surface area contributed by atoms with Gasteiger partial charge in [-0.2, -0.15) is 18.3 Å². The minimum Gasteiger partial charge on any atom is -0.332 e. The van der Waals surface area contributed by atoms with Gasteiger partial charge in [-0.05, 0) is 12.1 Å². The molecule has 2 N–H and O–H groups in total. The van der Waals surface area contributed by atoms with E-state index in [2.05, 4.69) is 16.1 Å². The van der Waals surface area contributed by atoms with Gasteiger partial charge in [0.15, 0.2) is 5.82 Å². The first-order valence-electron chi connectivity index (χ1n) is 8.44. The fourth-order valence-corrected chi connectivity index (χ4v) is 3.59. The molecule has 1 aromatic carbocycles. The van der Waals surface area contributed by atoms with E-state index in [1.165, 1.54) is 17.0 Å². The van der Waals surface area contributed by atoms with Crippen molar-refractivity contribution in [1.29, 1.82) is 0 Å². The van der Waals surface area contributed by atoms with Crippen LogP contribution >= 0.6 is 11.6 Å². The Kier molecular flexibility index (Phi) is 4.47. The number of aryl methyl sites for hydroxylation is 1. The van der Waals surface area contributed by atoms with Crippen LogP contribution in [0.4, 0.5) is 19.0 Å². The number of nitrogens with zero attached hydrogens (tertiary/aromatic N) is 4. The SMILES string of the molecule is Cn1ccc(N2NNC3=C2CCN(C(=O)c2cccc(C(F)(F)F)c2Cl)C3)n1. The Bertz CT molecular complexity index is 970. The van der Waals surface area contributed by atoms with Gasteiger partial charge in [-0.1, -0.05) is 17.7 Å². The average Bonchev–Trinajstić information content (AvgIpc) is 3.25. The monoisotopic (exact) mass is 412 g/mol.